The maximum atomic E-state index is 12.7. The third-order valence-electron chi connectivity index (χ3n) is 4.12. The van der Waals surface area contributed by atoms with E-state index < -0.39 is 42.3 Å². The molecule has 8 heteroatoms. The molecule has 2 aromatic carbocycles. The number of carboxylic acid groups (broad SMARTS) is 1. The zero-order chi connectivity index (χ0) is 21.2. The second-order valence-electron chi connectivity index (χ2n) is 6.26. The largest absolute Gasteiger partial charge is 0.481 e. The molecule has 0 aliphatic carbocycles. The van der Waals surface area contributed by atoms with E-state index in [-0.39, 0.29) is 12.0 Å². The van der Waals surface area contributed by atoms with Gasteiger partial charge in [0.2, 0.25) is 5.91 Å². The minimum Gasteiger partial charge on any atom is -0.481 e. The Hall–Kier alpha value is -3.68. The third kappa shape index (κ3) is 6.76. The standard InChI is InChI=1S/C21H22N2O6/c1-29-21(28)17(12-14-8-4-2-5-9-14)23-20(27)16(13-18(24)25)22-19(26)15-10-6-3-7-11-15/h2-11,16-17H,12-13H2,1H3,(H,22,26)(H,23,27)(H,24,25). The van der Waals surface area contributed by atoms with Crippen molar-refractivity contribution in [1.29, 1.82) is 0 Å². The van der Waals surface area contributed by atoms with E-state index >= 15 is 0 Å². The summed E-state index contributed by atoms with van der Waals surface area (Å²) in [4.78, 5) is 48.3. The summed E-state index contributed by atoms with van der Waals surface area (Å²) in [5.74, 6) is -3.32. The van der Waals surface area contributed by atoms with Crippen molar-refractivity contribution < 1.29 is 29.0 Å². The Bertz CT molecular complexity index is 854. The lowest BCUT2D eigenvalue weighted by Gasteiger charge is -2.21. The lowest BCUT2D eigenvalue weighted by molar-refractivity contribution is -0.145. The van der Waals surface area contributed by atoms with E-state index in [0.717, 1.165) is 5.56 Å². The zero-order valence-corrected chi connectivity index (χ0v) is 15.8. The summed E-state index contributed by atoms with van der Waals surface area (Å²) < 4.78 is 4.74. The predicted octanol–water partition coefficient (Wildman–Crippen LogP) is 1.16. The number of esters is 1. The topological polar surface area (TPSA) is 122 Å². The third-order valence-corrected chi connectivity index (χ3v) is 4.12. The Balaban J connectivity index is 2.14. The van der Waals surface area contributed by atoms with Crippen LogP contribution in [-0.2, 0) is 25.5 Å². The van der Waals surface area contributed by atoms with E-state index in [9.17, 15) is 19.2 Å². The van der Waals surface area contributed by atoms with Crippen LogP contribution < -0.4 is 10.6 Å². The first-order valence-corrected chi connectivity index (χ1v) is 8.90. The number of hydrogen-bond donors (Lipinski definition) is 3. The van der Waals surface area contributed by atoms with Gasteiger partial charge in [0.1, 0.15) is 12.1 Å². The van der Waals surface area contributed by atoms with Crippen LogP contribution in [0.15, 0.2) is 60.7 Å². The van der Waals surface area contributed by atoms with Crippen LogP contribution >= 0.6 is 0 Å². The highest BCUT2D eigenvalue weighted by Crippen LogP contribution is 2.06. The minimum absolute atomic E-state index is 0.158. The van der Waals surface area contributed by atoms with Crippen LogP contribution in [0.2, 0.25) is 0 Å². The fourth-order valence-electron chi connectivity index (χ4n) is 2.67. The van der Waals surface area contributed by atoms with Crippen LogP contribution in [0.4, 0.5) is 0 Å². The molecule has 0 saturated heterocycles. The average molecular weight is 398 g/mol. The number of carbonyl (C=O) groups excluding carboxylic acids is 3. The Morgan fingerprint density at radius 2 is 1.48 bits per heavy atom. The van der Waals surface area contributed by atoms with Gasteiger partial charge in [-0.2, -0.15) is 0 Å². The van der Waals surface area contributed by atoms with E-state index in [1.54, 1.807) is 42.5 Å². The molecule has 0 spiro atoms. The van der Waals surface area contributed by atoms with E-state index in [1.165, 1.54) is 19.2 Å². The van der Waals surface area contributed by atoms with E-state index in [2.05, 4.69) is 10.6 Å². The van der Waals surface area contributed by atoms with Crippen molar-refractivity contribution in [3.8, 4) is 0 Å². The van der Waals surface area contributed by atoms with E-state index in [1.807, 2.05) is 6.07 Å². The lowest BCUT2D eigenvalue weighted by atomic mass is 10.0. The number of methoxy groups -OCH3 is 1. The van der Waals surface area contributed by atoms with Gasteiger partial charge in [0, 0.05) is 12.0 Å². The van der Waals surface area contributed by atoms with Crippen molar-refractivity contribution in [2.45, 2.75) is 24.9 Å². The molecule has 8 nitrogen and oxygen atoms in total. The highest BCUT2D eigenvalue weighted by atomic mass is 16.5. The molecule has 2 amide bonds. The average Bonchev–Trinajstić information content (AvgIpc) is 2.73. The van der Waals surface area contributed by atoms with Crippen molar-refractivity contribution in [2.24, 2.45) is 0 Å². The molecule has 0 aliphatic rings. The monoisotopic (exact) mass is 398 g/mol. The van der Waals surface area contributed by atoms with Gasteiger partial charge in [-0.1, -0.05) is 48.5 Å². The smallest absolute Gasteiger partial charge is 0.328 e. The number of nitrogens with one attached hydrogen (secondary N) is 2. The number of rotatable bonds is 9. The SMILES string of the molecule is COC(=O)C(Cc1ccccc1)NC(=O)C(CC(=O)O)NC(=O)c1ccccc1. The summed E-state index contributed by atoms with van der Waals surface area (Å²) in [6, 6.07) is 14.7. The summed E-state index contributed by atoms with van der Waals surface area (Å²) in [6.45, 7) is 0. The van der Waals surface area contributed by atoms with Crippen molar-refractivity contribution in [1.82, 2.24) is 10.6 Å². The van der Waals surface area contributed by atoms with Gasteiger partial charge in [-0.15, -0.1) is 0 Å². The number of ether oxygens (including phenoxy) is 1. The first-order valence-electron chi connectivity index (χ1n) is 8.90. The molecule has 2 rings (SSSR count). The van der Waals surface area contributed by atoms with Crippen LogP contribution in [0.1, 0.15) is 22.3 Å². The van der Waals surface area contributed by atoms with Crippen molar-refractivity contribution in [3.63, 3.8) is 0 Å². The molecule has 0 saturated carbocycles. The fourth-order valence-corrected chi connectivity index (χ4v) is 2.67. The maximum absolute atomic E-state index is 12.7. The first-order chi connectivity index (χ1) is 13.9. The number of benzene rings is 2. The Morgan fingerprint density at radius 1 is 0.897 bits per heavy atom. The molecule has 0 bridgehead atoms. The maximum Gasteiger partial charge on any atom is 0.328 e. The van der Waals surface area contributed by atoms with Gasteiger partial charge in [0.15, 0.2) is 0 Å². The number of hydrogen-bond acceptors (Lipinski definition) is 5. The quantitative estimate of drug-likeness (QED) is 0.545. The van der Waals surface area contributed by atoms with Crippen LogP contribution in [0.5, 0.6) is 0 Å². The number of aliphatic carboxylic acids is 1. The van der Waals surface area contributed by atoms with Gasteiger partial charge >= 0.3 is 11.9 Å². The van der Waals surface area contributed by atoms with Crippen LogP contribution in [0.25, 0.3) is 0 Å². The van der Waals surface area contributed by atoms with Gasteiger partial charge in [0.05, 0.1) is 13.5 Å². The molecule has 0 radical (unpaired) electrons. The summed E-state index contributed by atoms with van der Waals surface area (Å²) in [7, 11) is 1.19. The van der Waals surface area contributed by atoms with Gasteiger partial charge in [-0.05, 0) is 17.7 Å². The highest BCUT2D eigenvalue weighted by molar-refractivity contribution is 5.99. The molecular weight excluding hydrogens is 376 g/mol. The van der Waals surface area contributed by atoms with Crippen LogP contribution in [0.3, 0.4) is 0 Å². The van der Waals surface area contributed by atoms with Gasteiger partial charge < -0.3 is 20.5 Å². The molecule has 0 aromatic heterocycles. The zero-order valence-electron chi connectivity index (χ0n) is 15.8. The first kappa shape index (κ1) is 21.6. The predicted molar refractivity (Wildman–Crippen MR) is 104 cm³/mol. The molecule has 2 aromatic rings. The Kier molecular flexibility index (Phi) is 7.90. The molecule has 152 valence electrons. The minimum atomic E-state index is -1.36. The molecule has 29 heavy (non-hydrogen) atoms. The normalized spacial score (nSPS) is 12.3. The number of amides is 2. The summed E-state index contributed by atoms with van der Waals surface area (Å²) >= 11 is 0. The molecule has 0 fully saturated rings. The van der Waals surface area contributed by atoms with E-state index in [0.29, 0.717) is 0 Å². The molecule has 3 N–H and O–H groups in total. The van der Waals surface area contributed by atoms with Crippen molar-refractivity contribution in [3.05, 3.63) is 71.8 Å². The molecule has 2 atom stereocenters. The fraction of sp³-hybridized carbons (Fsp3) is 0.238. The lowest BCUT2D eigenvalue weighted by Crippen LogP contribution is -2.53. The summed E-state index contributed by atoms with van der Waals surface area (Å²) in [5, 5.41) is 14.0. The highest BCUT2D eigenvalue weighted by Gasteiger charge is 2.29. The van der Waals surface area contributed by atoms with Crippen LogP contribution in [-0.4, -0.2) is 48.1 Å². The molecule has 2 unspecified atom stereocenters. The van der Waals surface area contributed by atoms with E-state index in [4.69, 9.17) is 9.84 Å². The number of carboxylic acids is 1. The van der Waals surface area contributed by atoms with Gasteiger partial charge in [-0.3, -0.25) is 14.4 Å². The molecule has 0 heterocycles. The van der Waals surface area contributed by atoms with Crippen molar-refractivity contribution >= 4 is 23.8 Å². The second-order valence-corrected chi connectivity index (χ2v) is 6.26. The Labute approximate surface area is 167 Å². The second kappa shape index (κ2) is 10.6. The van der Waals surface area contributed by atoms with Crippen molar-refractivity contribution in [2.75, 3.05) is 7.11 Å². The summed E-state index contributed by atoms with van der Waals surface area (Å²) in [6.07, 6.45) is -0.477. The molecular formula is C21H22N2O6. The summed E-state index contributed by atoms with van der Waals surface area (Å²) in [5.41, 5.74) is 1.07. The number of carbonyl (C=O) groups is 4. The molecule has 0 aliphatic heterocycles. The van der Waals surface area contributed by atoms with Crippen LogP contribution in [0, 0.1) is 0 Å². The van der Waals surface area contributed by atoms with Gasteiger partial charge in [-0.25, -0.2) is 4.79 Å². The Morgan fingerprint density at radius 3 is 2.03 bits per heavy atom. The van der Waals surface area contributed by atoms with Gasteiger partial charge in [0.25, 0.3) is 5.91 Å².